The Hall–Kier alpha value is -1.10. The van der Waals surface area contributed by atoms with Gasteiger partial charge in [-0.15, -0.1) is 0 Å². The zero-order chi connectivity index (χ0) is 12.2. The van der Waals surface area contributed by atoms with E-state index in [2.05, 4.69) is 36.7 Å². The largest absolute Gasteiger partial charge is 0.355 e. The van der Waals surface area contributed by atoms with Gasteiger partial charge < -0.3 is 10.6 Å². The highest BCUT2D eigenvalue weighted by Gasteiger charge is 2.23. The third-order valence-corrected chi connectivity index (χ3v) is 2.50. The molecule has 1 heterocycles. The summed E-state index contributed by atoms with van der Waals surface area (Å²) < 4.78 is 0. The number of amides is 2. The molecule has 1 saturated heterocycles. The molecule has 0 aliphatic carbocycles. The first kappa shape index (κ1) is 13.0. The maximum absolute atomic E-state index is 11.7. The summed E-state index contributed by atoms with van der Waals surface area (Å²) in [6.07, 6.45) is 0.942. The van der Waals surface area contributed by atoms with E-state index < -0.39 is 0 Å². The number of piperazine rings is 1. The SMILES string of the molecule is CC(C)(C)CCNC(=O)C1CNC(=O)CN1. The van der Waals surface area contributed by atoms with Crippen molar-refractivity contribution in [1.82, 2.24) is 16.0 Å². The molecule has 0 saturated carbocycles. The molecule has 0 aromatic carbocycles. The quantitative estimate of drug-likeness (QED) is 0.616. The van der Waals surface area contributed by atoms with Crippen molar-refractivity contribution in [2.45, 2.75) is 33.2 Å². The van der Waals surface area contributed by atoms with Crippen LogP contribution in [0.1, 0.15) is 27.2 Å². The minimum atomic E-state index is -0.294. The topological polar surface area (TPSA) is 70.2 Å². The van der Waals surface area contributed by atoms with Gasteiger partial charge in [-0.25, -0.2) is 0 Å². The van der Waals surface area contributed by atoms with E-state index >= 15 is 0 Å². The fourth-order valence-corrected chi connectivity index (χ4v) is 1.44. The highest BCUT2D eigenvalue weighted by Crippen LogP contribution is 2.16. The molecule has 1 atom stereocenters. The molecule has 5 heteroatoms. The zero-order valence-corrected chi connectivity index (χ0v) is 10.2. The molecule has 2 amide bonds. The number of carbonyl (C=O) groups is 2. The van der Waals surface area contributed by atoms with Crippen molar-refractivity contribution in [2.75, 3.05) is 19.6 Å². The average Bonchev–Trinajstić information content (AvgIpc) is 2.16. The summed E-state index contributed by atoms with van der Waals surface area (Å²) in [6.45, 7) is 7.68. The third-order valence-electron chi connectivity index (χ3n) is 2.50. The molecule has 1 unspecified atom stereocenters. The standard InChI is InChI=1S/C11H21N3O2/c1-11(2,3)4-5-12-10(16)8-6-14-9(15)7-13-8/h8,13H,4-7H2,1-3H3,(H,12,16)(H,14,15). The first-order chi connectivity index (χ1) is 7.38. The van der Waals surface area contributed by atoms with Gasteiger partial charge in [0.05, 0.1) is 6.54 Å². The molecule has 1 aliphatic heterocycles. The second-order valence-corrected chi connectivity index (χ2v) is 5.34. The Morgan fingerprint density at radius 1 is 1.50 bits per heavy atom. The van der Waals surface area contributed by atoms with E-state index in [-0.39, 0.29) is 29.8 Å². The molecular weight excluding hydrogens is 206 g/mol. The highest BCUT2D eigenvalue weighted by atomic mass is 16.2. The molecular formula is C11H21N3O2. The first-order valence-corrected chi connectivity index (χ1v) is 5.66. The Kier molecular flexibility index (Phi) is 4.29. The summed E-state index contributed by atoms with van der Waals surface area (Å²) in [4.78, 5) is 22.5. The Morgan fingerprint density at radius 2 is 2.19 bits per heavy atom. The van der Waals surface area contributed by atoms with Crippen LogP contribution in [0.5, 0.6) is 0 Å². The van der Waals surface area contributed by atoms with Gasteiger partial charge in [0.25, 0.3) is 0 Å². The van der Waals surface area contributed by atoms with Crippen LogP contribution in [0.25, 0.3) is 0 Å². The number of hydrogen-bond acceptors (Lipinski definition) is 3. The maximum Gasteiger partial charge on any atom is 0.238 e. The van der Waals surface area contributed by atoms with Crippen LogP contribution in [0.2, 0.25) is 0 Å². The number of nitrogens with one attached hydrogen (secondary N) is 3. The van der Waals surface area contributed by atoms with E-state index in [1.807, 2.05) is 0 Å². The Balaban J connectivity index is 2.22. The number of hydrogen-bond donors (Lipinski definition) is 3. The van der Waals surface area contributed by atoms with Gasteiger partial charge in [0.15, 0.2) is 0 Å². The van der Waals surface area contributed by atoms with Gasteiger partial charge in [0, 0.05) is 13.1 Å². The lowest BCUT2D eigenvalue weighted by atomic mass is 9.92. The summed E-state index contributed by atoms with van der Waals surface area (Å²) in [5, 5.41) is 8.42. The minimum absolute atomic E-state index is 0.0377. The lowest BCUT2D eigenvalue weighted by molar-refractivity contribution is -0.126. The molecule has 0 aromatic heterocycles. The molecule has 1 fully saturated rings. The fraction of sp³-hybridized carbons (Fsp3) is 0.818. The van der Waals surface area contributed by atoms with E-state index in [1.54, 1.807) is 0 Å². The molecule has 92 valence electrons. The second kappa shape index (κ2) is 5.30. The smallest absolute Gasteiger partial charge is 0.238 e. The summed E-state index contributed by atoms with van der Waals surface area (Å²) in [6, 6.07) is -0.294. The summed E-state index contributed by atoms with van der Waals surface area (Å²) in [5.74, 6) is -0.0945. The molecule has 3 N–H and O–H groups in total. The van der Waals surface area contributed by atoms with E-state index in [0.717, 1.165) is 6.42 Å². The fourth-order valence-electron chi connectivity index (χ4n) is 1.44. The Labute approximate surface area is 96.4 Å². The first-order valence-electron chi connectivity index (χ1n) is 5.66. The molecule has 5 nitrogen and oxygen atoms in total. The summed E-state index contributed by atoms with van der Waals surface area (Å²) in [5.41, 5.74) is 0.224. The van der Waals surface area contributed by atoms with Gasteiger partial charge in [0.1, 0.15) is 6.04 Å². The summed E-state index contributed by atoms with van der Waals surface area (Å²) >= 11 is 0. The predicted molar refractivity (Wildman–Crippen MR) is 61.9 cm³/mol. The van der Waals surface area contributed by atoms with Crippen molar-refractivity contribution >= 4 is 11.8 Å². The predicted octanol–water partition coefficient (Wildman–Crippen LogP) is -0.373. The molecule has 1 rings (SSSR count). The lowest BCUT2D eigenvalue weighted by Crippen LogP contribution is -2.58. The molecule has 0 aromatic rings. The van der Waals surface area contributed by atoms with Crippen LogP contribution in [-0.4, -0.2) is 37.5 Å². The average molecular weight is 227 g/mol. The Bertz CT molecular complexity index is 261. The molecule has 0 bridgehead atoms. The number of rotatable bonds is 3. The van der Waals surface area contributed by atoms with Crippen molar-refractivity contribution in [3.05, 3.63) is 0 Å². The molecule has 1 aliphatic rings. The van der Waals surface area contributed by atoms with Crippen LogP contribution in [0.4, 0.5) is 0 Å². The van der Waals surface area contributed by atoms with Gasteiger partial charge in [-0.05, 0) is 11.8 Å². The van der Waals surface area contributed by atoms with Crippen LogP contribution in [0.3, 0.4) is 0 Å². The molecule has 0 spiro atoms. The highest BCUT2D eigenvalue weighted by molar-refractivity contribution is 5.86. The number of carbonyl (C=O) groups excluding carboxylic acids is 2. The molecule has 16 heavy (non-hydrogen) atoms. The van der Waals surface area contributed by atoms with Crippen molar-refractivity contribution in [3.8, 4) is 0 Å². The molecule has 0 radical (unpaired) electrons. The second-order valence-electron chi connectivity index (χ2n) is 5.34. The van der Waals surface area contributed by atoms with Gasteiger partial charge in [-0.2, -0.15) is 0 Å². The van der Waals surface area contributed by atoms with Crippen LogP contribution >= 0.6 is 0 Å². The monoisotopic (exact) mass is 227 g/mol. The van der Waals surface area contributed by atoms with Crippen molar-refractivity contribution in [1.29, 1.82) is 0 Å². The van der Waals surface area contributed by atoms with Crippen LogP contribution in [0, 0.1) is 5.41 Å². The van der Waals surface area contributed by atoms with E-state index in [4.69, 9.17) is 0 Å². The zero-order valence-electron chi connectivity index (χ0n) is 10.2. The third kappa shape index (κ3) is 4.61. The van der Waals surface area contributed by atoms with Gasteiger partial charge in [0.2, 0.25) is 11.8 Å². The van der Waals surface area contributed by atoms with E-state index in [1.165, 1.54) is 0 Å². The van der Waals surface area contributed by atoms with E-state index in [9.17, 15) is 9.59 Å². The lowest BCUT2D eigenvalue weighted by Gasteiger charge is -2.24. The van der Waals surface area contributed by atoms with Crippen molar-refractivity contribution in [3.63, 3.8) is 0 Å². The van der Waals surface area contributed by atoms with Crippen molar-refractivity contribution in [2.24, 2.45) is 5.41 Å². The van der Waals surface area contributed by atoms with Crippen LogP contribution < -0.4 is 16.0 Å². The minimum Gasteiger partial charge on any atom is -0.355 e. The van der Waals surface area contributed by atoms with Crippen LogP contribution in [0.15, 0.2) is 0 Å². The van der Waals surface area contributed by atoms with Crippen LogP contribution in [-0.2, 0) is 9.59 Å². The normalized spacial score (nSPS) is 21.4. The van der Waals surface area contributed by atoms with Gasteiger partial charge >= 0.3 is 0 Å². The van der Waals surface area contributed by atoms with E-state index in [0.29, 0.717) is 13.1 Å². The van der Waals surface area contributed by atoms with Crippen molar-refractivity contribution < 1.29 is 9.59 Å². The summed E-state index contributed by atoms with van der Waals surface area (Å²) in [7, 11) is 0. The maximum atomic E-state index is 11.7. The van der Waals surface area contributed by atoms with Gasteiger partial charge in [-0.1, -0.05) is 20.8 Å². The Morgan fingerprint density at radius 3 is 2.69 bits per heavy atom. The van der Waals surface area contributed by atoms with Gasteiger partial charge in [-0.3, -0.25) is 14.9 Å².